The van der Waals surface area contributed by atoms with E-state index in [2.05, 4.69) is 10.2 Å². The van der Waals surface area contributed by atoms with Gasteiger partial charge < -0.3 is 19.6 Å². The number of furan rings is 1. The van der Waals surface area contributed by atoms with Gasteiger partial charge in [-0.25, -0.2) is 0 Å². The Balaban J connectivity index is 1.60. The van der Waals surface area contributed by atoms with Gasteiger partial charge in [-0.05, 0) is 38.8 Å². The van der Waals surface area contributed by atoms with E-state index < -0.39 is 5.60 Å². The Morgan fingerprint density at radius 3 is 2.83 bits per heavy atom. The number of carbonyl (C=O) groups is 1. The van der Waals surface area contributed by atoms with Gasteiger partial charge in [0.05, 0.1) is 19.8 Å². The van der Waals surface area contributed by atoms with Crippen LogP contribution in [0.5, 0.6) is 0 Å². The molecule has 6 heteroatoms. The van der Waals surface area contributed by atoms with Crippen LogP contribution in [0, 0.1) is 6.92 Å². The van der Waals surface area contributed by atoms with E-state index in [1.165, 1.54) is 12.8 Å². The fourth-order valence-electron chi connectivity index (χ4n) is 3.70. The number of carbonyl (C=O) groups excluding carboxylic acids is 1. The lowest BCUT2D eigenvalue weighted by Crippen LogP contribution is -2.57. The lowest BCUT2D eigenvalue weighted by Gasteiger charge is -2.39. The molecule has 2 atom stereocenters. The maximum absolute atomic E-state index is 12.7. The number of aryl methyl sites for hydroxylation is 1. The highest BCUT2D eigenvalue weighted by Gasteiger charge is 2.36. The zero-order valence-corrected chi connectivity index (χ0v) is 14.6. The number of rotatable bonds is 5. The summed E-state index contributed by atoms with van der Waals surface area (Å²) >= 11 is 0. The molecule has 2 aliphatic rings. The molecule has 0 unspecified atom stereocenters. The molecule has 3 rings (SSSR count). The van der Waals surface area contributed by atoms with Crippen LogP contribution in [-0.2, 0) is 15.1 Å². The molecule has 1 saturated carbocycles. The summed E-state index contributed by atoms with van der Waals surface area (Å²) in [5.41, 5.74) is -1.22. The summed E-state index contributed by atoms with van der Waals surface area (Å²) in [6.45, 7) is 5.51. The molecule has 1 aliphatic heterocycles. The van der Waals surface area contributed by atoms with Crippen molar-refractivity contribution in [2.45, 2.75) is 57.2 Å². The summed E-state index contributed by atoms with van der Waals surface area (Å²) in [4.78, 5) is 15.0. The predicted molar refractivity (Wildman–Crippen MR) is 89.6 cm³/mol. The Bertz CT molecular complexity index is 563. The van der Waals surface area contributed by atoms with Gasteiger partial charge in [0.25, 0.3) is 0 Å². The van der Waals surface area contributed by atoms with E-state index in [1.807, 2.05) is 13.0 Å². The minimum absolute atomic E-state index is 0.0786. The smallest absolute Gasteiger partial charge is 0.239 e. The molecular weight excluding hydrogens is 308 g/mol. The van der Waals surface area contributed by atoms with Crippen LogP contribution >= 0.6 is 0 Å². The average Bonchev–Trinajstić information content (AvgIpc) is 3.24. The van der Waals surface area contributed by atoms with Gasteiger partial charge >= 0.3 is 0 Å². The van der Waals surface area contributed by atoms with Crippen molar-refractivity contribution in [3.05, 3.63) is 23.7 Å². The second-order valence-electron chi connectivity index (χ2n) is 7.17. The Kier molecular flexibility index (Phi) is 5.27. The highest BCUT2D eigenvalue weighted by atomic mass is 16.5. The van der Waals surface area contributed by atoms with Crippen molar-refractivity contribution in [2.24, 2.45) is 0 Å². The number of nitrogens with one attached hydrogen (secondary N) is 1. The fraction of sp³-hybridized carbons (Fsp3) is 0.722. The number of amides is 1. The zero-order chi connectivity index (χ0) is 17.2. The van der Waals surface area contributed by atoms with Crippen molar-refractivity contribution >= 4 is 5.91 Å². The Labute approximate surface area is 143 Å². The molecule has 1 aromatic heterocycles. The summed E-state index contributed by atoms with van der Waals surface area (Å²) in [6, 6.07) is 3.77. The largest absolute Gasteiger partial charge is 0.463 e. The lowest BCUT2D eigenvalue weighted by atomic mass is 10.0. The van der Waals surface area contributed by atoms with E-state index in [1.54, 1.807) is 13.0 Å². The number of aliphatic hydroxyl groups is 1. The van der Waals surface area contributed by atoms with Crippen LogP contribution in [0.3, 0.4) is 0 Å². The van der Waals surface area contributed by atoms with Crippen LogP contribution in [0.2, 0.25) is 0 Å². The monoisotopic (exact) mass is 336 g/mol. The van der Waals surface area contributed by atoms with Crippen molar-refractivity contribution < 1.29 is 19.1 Å². The summed E-state index contributed by atoms with van der Waals surface area (Å²) < 4.78 is 11.0. The molecule has 0 aromatic carbocycles. The quantitative estimate of drug-likeness (QED) is 0.853. The fourth-order valence-corrected chi connectivity index (χ4v) is 3.70. The summed E-state index contributed by atoms with van der Waals surface area (Å²) in [5.74, 6) is 1.13. The molecule has 2 N–H and O–H groups in total. The molecule has 0 radical (unpaired) electrons. The van der Waals surface area contributed by atoms with Crippen molar-refractivity contribution in [3.63, 3.8) is 0 Å². The van der Waals surface area contributed by atoms with Gasteiger partial charge in [-0.2, -0.15) is 0 Å². The molecule has 2 heterocycles. The van der Waals surface area contributed by atoms with E-state index >= 15 is 0 Å². The Morgan fingerprint density at radius 1 is 1.42 bits per heavy atom. The third kappa shape index (κ3) is 3.82. The second kappa shape index (κ2) is 7.25. The van der Waals surface area contributed by atoms with Crippen molar-refractivity contribution in [1.29, 1.82) is 0 Å². The third-order valence-corrected chi connectivity index (χ3v) is 5.14. The van der Waals surface area contributed by atoms with Gasteiger partial charge in [0.1, 0.15) is 23.2 Å². The van der Waals surface area contributed by atoms with Gasteiger partial charge in [-0.1, -0.05) is 12.8 Å². The van der Waals surface area contributed by atoms with Gasteiger partial charge in [0, 0.05) is 12.6 Å². The summed E-state index contributed by atoms with van der Waals surface area (Å²) in [6.07, 6.45) is 4.80. The van der Waals surface area contributed by atoms with Crippen molar-refractivity contribution in [1.82, 2.24) is 10.2 Å². The summed E-state index contributed by atoms with van der Waals surface area (Å²) in [7, 11) is 0. The van der Waals surface area contributed by atoms with Crippen molar-refractivity contribution in [2.75, 3.05) is 26.3 Å². The van der Waals surface area contributed by atoms with E-state index in [4.69, 9.17) is 9.15 Å². The number of nitrogens with zero attached hydrogens (tertiary/aromatic N) is 1. The van der Waals surface area contributed by atoms with E-state index in [9.17, 15) is 9.90 Å². The first kappa shape index (κ1) is 17.5. The van der Waals surface area contributed by atoms with E-state index in [-0.39, 0.29) is 18.5 Å². The summed E-state index contributed by atoms with van der Waals surface area (Å²) in [5, 5.41) is 13.5. The average molecular weight is 336 g/mol. The zero-order valence-electron chi connectivity index (χ0n) is 14.6. The van der Waals surface area contributed by atoms with Gasteiger partial charge in [-0.15, -0.1) is 0 Å². The van der Waals surface area contributed by atoms with Crippen LogP contribution < -0.4 is 5.32 Å². The first-order chi connectivity index (χ1) is 11.5. The van der Waals surface area contributed by atoms with Crippen LogP contribution in [0.25, 0.3) is 0 Å². The molecule has 0 bridgehead atoms. The first-order valence-electron chi connectivity index (χ1n) is 8.88. The molecule has 24 heavy (non-hydrogen) atoms. The van der Waals surface area contributed by atoms with E-state index in [0.29, 0.717) is 25.0 Å². The maximum atomic E-state index is 12.7. The van der Waals surface area contributed by atoms with Gasteiger partial charge in [0.15, 0.2) is 0 Å². The van der Waals surface area contributed by atoms with Crippen molar-refractivity contribution in [3.8, 4) is 0 Å². The Morgan fingerprint density at radius 2 is 2.17 bits per heavy atom. The van der Waals surface area contributed by atoms with Crippen LogP contribution in [0.1, 0.15) is 44.1 Å². The Hall–Kier alpha value is -1.37. The maximum Gasteiger partial charge on any atom is 0.239 e. The molecular formula is C18H28N2O4. The van der Waals surface area contributed by atoms with Crippen LogP contribution in [-0.4, -0.2) is 54.3 Å². The molecule has 0 spiro atoms. The highest BCUT2D eigenvalue weighted by Crippen LogP contribution is 2.27. The molecule has 1 aliphatic carbocycles. The first-order valence-corrected chi connectivity index (χ1v) is 8.88. The molecule has 134 valence electrons. The number of ether oxygens (including phenoxy) is 1. The molecule has 6 nitrogen and oxygen atoms in total. The third-order valence-electron chi connectivity index (χ3n) is 5.14. The van der Waals surface area contributed by atoms with Crippen LogP contribution in [0.15, 0.2) is 16.5 Å². The SMILES string of the molecule is Cc1ccc([C@@](C)(O)CNC(=O)[C@@H]2COCCN2C2CCCC2)o1. The van der Waals surface area contributed by atoms with Gasteiger partial charge in [-0.3, -0.25) is 9.69 Å². The molecule has 1 amide bonds. The normalized spacial score (nSPS) is 25.5. The number of morpholine rings is 1. The lowest BCUT2D eigenvalue weighted by molar-refractivity contribution is -0.135. The second-order valence-corrected chi connectivity index (χ2v) is 7.17. The van der Waals surface area contributed by atoms with Crippen LogP contribution in [0.4, 0.5) is 0 Å². The minimum atomic E-state index is -1.22. The highest BCUT2D eigenvalue weighted by molar-refractivity contribution is 5.82. The molecule has 1 saturated heterocycles. The number of hydrogen-bond donors (Lipinski definition) is 2. The van der Waals surface area contributed by atoms with E-state index in [0.717, 1.165) is 25.1 Å². The van der Waals surface area contributed by atoms with Gasteiger partial charge in [0.2, 0.25) is 5.91 Å². The number of hydrogen-bond acceptors (Lipinski definition) is 5. The standard InChI is InChI=1S/C18H28N2O4/c1-13-7-8-16(24-13)18(2,22)12-19-17(21)15-11-23-10-9-20(15)14-5-3-4-6-14/h7-8,14-15,22H,3-6,9-12H2,1-2H3,(H,19,21)/t15-,18-/m0/s1. The molecule has 1 aromatic rings. The topological polar surface area (TPSA) is 74.9 Å². The predicted octanol–water partition coefficient (Wildman–Crippen LogP) is 1.56. The minimum Gasteiger partial charge on any atom is -0.463 e. The molecule has 2 fully saturated rings.